The van der Waals surface area contributed by atoms with Crippen LogP contribution < -0.4 is 0 Å². The summed E-state index contributed by atoms with van der Waals surface area (Å²) in [5.74, 6) is 0. The van der Waals surface area contributed by atoms with E-state index in [9.17, 15) is 0 Å². The molecule has 0 aliphatic rings. The zero-order chi connectivity index (χ0) is 11.1. The first-order chi connectivity index (χ1) is 5.37. The summed E-state index contributed by atoms with van der Waals surface area (Å²) in [6.07, 6.45) is 0. The molecule has 13 heavy (non-hydrogen) atoms. The van der Waals surface area contributed by atoms with Gasteiger partial charge in [-0.15, -0.1) is 0 Å². The van der Waals surface area contributed by atoms with E-state index in [1.165, 1.54) is 0 Å². The molecule has 0 atom stereocenters. The Bertz CT molecular complexity index is 128. The maximum atomic E-state index is 2.45. The molecule has 1 heteroatoms. The predicted molar refractivity (Wildman–Crippen MR) is 64.9 cm³/mol. The van der Waals surface area contributed by atoms with Gasteiger partial charge in [0, 0.05) is 0 Å². The molecule has 0 aromatic heterocycles. The van der Waals surface area contributed by atoms with Crippen molar-refractivity contribution in [1.82, 2.24) is 0 Å². The molecule has 0 saturated carbocycles. The monoisotopic (exact) mass is 379 g/mol. The van der Waals surface area contributed by atoms with Gasteiger partial charge in [0.25, 0.3) is 0 Å². The third-order valence-electron chi connectivity index (χ3n) is 2.25. The van der Waals surface area contributed by atoms with Gasteiger partial charge in [-0.25, -0.2) is 0 Å². The second-order valence-corrected chi connectivity index (χ2v) is 27.5. The fourth-order valence-corrected chi connectivity index (χ4v) is 29.6. The van der Waals surface area contributed by atoms with Crippen LogP contribution in [0, 0.1) is 0 Å². The molecule has 0 aromatic rings. The molecule has 0 nitrogen and oxygen atoms in total. The Morgan fingerprint density at radius 1 is 0.462 bits per heavy atom. The Balaban J connectivity index is 5.02. The molecule has 0 bridgehead atoms. The minimum atomic E-state index is -1.61. The topological polar surface area (TPSA) is 0 Å². The Morgan fingerprint density at radius 2 is 0.615 bits per heavy atom. The molecule has 0 amide bonds. The second kappa shape index (κ2) is 3.82. The Hall–Kier alpha value is 0.922. The van der Waals surface area contributed by atoms with Crippen molar-refractivity contribution in [3.63, 3.8) is 0 Å². The van der Waals surface area contributed by atoms with Crippen molar-refractivity contribution in [2.75, 3.05) is 0 Å². The third-order valence-corrected chi connectivity index (χ3v) is 19.7. The average molecular weight is 379 g/mol. The molecule has 79 valence electrons. The number of hydrogen-bond donors (Lipinski definition) is 0. The molecule has 0 fully saturated rings. The van der Waals surface area contributed by atoms with Crippen molar-refractivity contribution in [2.24, 2.45) is 0 Å². The van der Waals surface area contributed by atoms with Crippen LogP contribution in [0.2, 0.25) is 8.92 Å². The molecule has 0 heterocycles. The second-order valence-electron chi connectivity index (χ2n) is 7.12. The van der Waals surface area contributed by atoms with Crippen molar-refractivity contribution in [2.45, 2.75) is 71.2 Å². The van der Waals surface area contributed by atoms with E-state index >= 15 is 0 Å². The van der Waals surface area contributed by atoms with Gasteiger partial charge in [-0.05, 0) is 0 Å². The summed E-state index contributed by atoms with van der Waals surface area (Å²) >= 11 is -1.61. The van der Waals surface area contributed by atoms with Crippen LogP contribution in [0.4, 0.5) is 0 Å². The van der Waals surface area contributed by atoms with E-state index in [2.05, 4.69) is 62.3 Å². The van der Waals surface area contributed by atoms with Crippen LogP contribution in [0.3, 0.4) is 0 Å². The summed E-state index contributed by atoms with van der Waals surface area (Å²) in [6, 6.07) is 0. The van der Waals surface area contributed by atoms with Gasteiger partial charge in [-0.1, -0.05) is 0 Å². The van der Waals surface area contributed by atoms with E-state index in [4.69, 9.17) is 0 Å². The molecule has 0 aromatic carbocycles. The SMILES string of the molecule is C[C](C)(C)[Pb]([C](C)(C)C)[C](C)(C)C. The fraction of sp³-hybridized carbons (Fsp3) is 1.00. The van der Waals surface area contributed by atoms with Crippen LogP contribution in [0.1, 0.15) is 62.3 Å². The molecule has 0 spiro atoms. The van der Waals surface area contributed by atoms with Crippen molar-refractivity contribution < 1.29 is 0 Å². The Morgan fingerprint density at radius 3 is 0.615 bits per heavy atom. The minimum absolute atomic E-state index is 0.598. The van der Waals surface area contributed by atoms with E-state index in [1.807, 2.05) is 0 Å². The summed E-state index contributed by atoms with van der Waals surface area (Å²) < 4.78 is 1.80. The Labute approximate surface area is 93.6 Å². The number of rotatable bonds is 0. The first kappa shape index (κ1) is 13.9. The van der Waals surface area contributed by atoms with Gasteiger partial charge in [0.1, 0.15) is 0 Å². The predicted octanol–water partition coefficient (Wildman–Crippen LogP) is 4.88. The first-order valence-corrected chi connectivity index (χ1v) is 11.1. The third kappa shape index (κ3) is 4.31. The molecule has 0 N–H and O–H groups in total. The van der Waals surface area contributed by atoms with Crippen LogP contribution >= 0.6 is 0 Å². The summed E-state index contributed by atoms with van der Waals surface area (Å²) in [5, 5.41) is 0. The van der Waals surface area contributed by atoms with Gasteiger partial charge in [0.05, 0.1) is 0 Å². The van der Waals surface area contributed by atoms with Gasteiger partial charge in [0.2, 0.25) is 0 Å². The van der Waals surface area contributed by atoms with Crippen LogP contribution in [0.25, 0.3) is 0 Å². The van der Waals surface area contributed by atoms with E-state index in [0.29, 0.717) is 8.92 Å². The first-order valence-electron chi connectivity index (χ1n) is 5.25. The van der Waals surface area contributed by atoms with E-state index in [1.54, 1.807) is 0 Å². The maximum absolute atomic E-state index is 2.45. The molecule has 1 radical (unpaired) electrons. The normalized spacial score (nSPS) is 15.2. The molecule has 0 saturated heterocycles. The van der Waals surface area contributed by atoms with Crippen molar-refractivity contribution in [3.8, 4) is 0 Å². The van der Waals surface area contributed by atoms with Crippen molar-refractivity contribution in [3.05, 3.63) is 0 Å². The Kier molecular flexibility index (Phi) is 4.09. The van der Waals surface area contributed by atoms with Gasteiger partial charge in [0.15, 0.2) is 0 Å². The van der Waals surface area contributed by atoms with Crippen LogP contribution in [-0.4, -0.2) is 22.7 Å². The summed E-state index contributed by atoms with van der Waals surface area (Å²) in [4.78, 5) is 0. The molecule has 0 unspecified atom stereocenters. The van der Waals surface area contributed by atoms with Crippen LogP contribution in [-0.2, 0) is 0 Å². The zero-order valence-corrected chi connectivity index (χ0v) is 14.9. The molecule has 0 aliphatic carbocycles. The number of hydrogen-bond acceptors (Lipinski definition) is 0. The van der Waals surface area contributed by atoms with E-state index in [0.717, 1.165) is 0 Å². The van der Waals surface area contributed by atoms with Gasteiger partial charge in [-0.2, -0.15) is 0 Å². The average Bonchev–Trinajstić information content (AvgIpc) is 1.44. The van der Waals surface area contributed by atoms with Crippen LogP contribution in [0.5, 0.6) is 0 Å². The summed E-state index contributed by atoms with van der Waals surface area (Å²) in [5.41, 5.74) is 0. The van der Waals surface area contributed by atoms with Crippen molar-refractivity contribution in [1.29, 1.82) is 0 Å². The quantitative estimate of drug-likeness (QED) is 0.527. The van der Waals surface area contributed by atoms with Crippen LogP contribution in [0.15, 0.2) is 0 Å². The van der Waals surface area contributed by atoms with E-state index in [-0.39, 0.29) is 0 Å². The van der Waals surface area contributed by atoms with Gasteiger partial charge < -0.3 is 0 Å². The van der Waals surface area contributed by atoms with Gasteiger partial charge >= 0.3 is 93.9 Å². The summed E-state index contributed by atoms with van der Waals surface area (Å²) in [6.45, 7) is 22.0. The fourth-order valence-electron chi connectivity index (χ4n) is 3.38. The van der Waals surface area contributed by atoms with Crippen molar-refractivity contribution >= 4 is 22.7 Å². The molecule has 0 rings (SSSR count). The molecular weight excluding hydrogens is 351 g/mol. The molecular formula is C12H27Pb. The molecule has 0 aliphatic heterocycles. The zero-order valence-electron chi connectivity index (χ0n) is 11.0. The van der Waals surface area contributed by atoms with E-state index < -0.39 is 22.7 Å². The standard InChI is InChI=1S/3C4H9.Pb/c3*1-4(2)3;/h3*1-3H3;. The summed E-state index contributed by atoms with van der Waals surface area (Å²) in [7, 11) is 0. The van der Waals surface area contributed by atoms with Gasteiger partial charge in [-0.3, -0.25) is 0 Å².